The summed E-state index contributed by atoms with van der Waals surface area (Å²) in [6, 6.07) is 24.4. The summed E-state index contributed by atoms with van der Waals surface area (Å²) in [6.45, 7) is 6.81. The summed E-state index contributed by atoms with van der Waals surface area (Å²) in [5.41, 5.74) is 9.41. The van der Waals surface area contributed by atoms with Crippen molar-refractivity contribution in [3.8, 4) is 11.1 Å². The lowest BCUT2D eigenvalue weighted by Crippen LogP contribution is -2.11. The van der Waals surface area contributed by atoms with Gasteiger partial charge in [0.25, 0.3) is 0 Å². The van der Waals surface area contributed by atoms with Gasteiger partial charge < -0.3 is 5.32 Å². The molecule has 0 atom stereocenters. The zero-order valence-corrected chi connectivity index (χ0v) is 16.7. The van der Waals surface area contributed by atoms with E-state index in [-0.39, 0.29) is 5.41 Å². The van der Waals surface area contributed by atoms with Gasteiger partial charge in [0.05, 0.1) is 0 Å². The Morgan fingerprint density at radius 3 is 2.22 bits per heavy atom. The van der Waals surface area contributed by atoms with Gasteiger partial charge in [-0.05, 0) is 77.6 Å². The van der Waals surface area contributed by atoms with Crippen LogP contribution >= 0.6 is 0 Å². The van der Waals surface area contributed by atoms with Gasteiger partial charge in [0.2, 0.25) is 0 Å². The minimum Gasteiger partial charge on any atom is -0.355 e. The average Bonchev–Trinajstić information content (AvgIpc) is 2.68. The van der Waals surface area contributed by atoms with E-state index >= 15 is 0 Å². The van der Waals surface area contributed by atoms with Crippen molar-refractivity contribution in [2.45, 2.75) is 51.9 Å². The molecule has 0 saturated heterocycles. The van der Waals surface area contributed by atoms with E-state index < -0.39 is 0 Å². The number of hydrogen-bond donors (Lipinski definition) is 1. The molecule has 0 spiro atoms. The molecule has 0 aromatic heterocycles. The predicted octanol–water partition coefficient (Wildman–Crippen LogP) is 7.27. The van der Waals surface area contributed by atoms with Crippen molar-refractivity contribution in [2.24, 2.45) is 0 Å². The monoisotopic (exact) mass is 355 g/mol. The molecular weight excluding hydrogens is 326 g/mol. The Morgan fingerprint density at radius 2 is 1.48 bits per heavy atom. The zero-order chi connectivity index (χ0) is 18.9. The first-order chi connectivity index (χ1) is 13.0. The molecule has 138 valence electrons. The van der Waals surface area contributed by atoms with E-state index in [2.05, 4.69) is 92.8 Å². The molecule has 0 saturated carbocycles. The maximum atomic E-state index is 3.70. The van der Waals surface area contributed by atoms with Gasteiger partial charge >= 0.3 is 0 Å². The Morgan fingerprint density at radius 1 is 0.741 bits per heavy atom. The van der Waals surface area contributed by atoms with E-state index in [0.717, 1.165) is 0 Å². The molecule has 1 aliphatic rings. The molecule has 0 fully saturated rings. The van der Waals surface area contributed by atoms with E-state index in [1.54, 1.807) is 0 Å². The summed E-state index contributed by atoms with van der Waals surface area (Å²) < 4.78 is 0. The second-order valence-electron chi connectivity index (χ2n) is 8.69. The molecule has 0 radical (unpaired) electrons. The number of aryl methyl sites for hydroxylation is 2. The van der Waals surface area contributed by atoms with Crippen LogP contribution in [0.4, 0.5) is 11.4 Å². The molecular formula is C26H29N. The summed E-state index contributed by atoms with van der Waals surface area (Å²) in [7, 11) is 0. The molecule has 0 unspecified atom stereocenters. The van der Waals surface area contributed by atoms with Gasteiger partial charge in [-0.25, -0.2) is 0 Å². The molecule has 0 heterocycles. The highest BCUT2D eigenvalue weighted by Gasteiger charge is 2.17. The van der Waals surface area contributed by atoms with Crippen LogP contribution in [0.3, 0.4) is 0 Å². The maximum Gasteiger partial charge on any atom is 0.0464 e. The van der Waals surface area contributed by atoms with E-state index in [4.69, 9.17) is 0 Å². The summed E-state index contributed by atoms with van der Waals surface area (Å²) in [5.74, 6) is 0. The average molecular weight is 356 g/mol. The van der Waals surface area contributed by atoms with Crippen LogP contribution in [-0.2, 0) is 18.3 Å². The van der Waals surface area contributed by atoms with Gasteiger partial charge in [0.15, 0.2) is 0 Å². The lowest BCUT2D eigenvalue weighted by atomic mass is 9.85. The Bertz CT molecular complexity index is 932. The Kier molecular flexibility index (Phi) is 4.78. The van der Waals surface area contributed by atoms with E-state index in [1.807, 2.05) is 0 Å². The molecule has 0 amide bonds. The molecule has 27 heavy (non-hydrogen) atoms. The topological polar surface area (TPSA) is 12.0 Å². The summed E-state index contributed by atoms with van der Waals surface area (Å²) in [4.78, 5) is 0. The molecule has 0 aliphatic heterocycles. The van der Waals surface area contributed by atoms with Crippen LogP contribution in [0.15, 0.2) is 66.7 Å². The zero-order valence-electron chi connectivity index (χ0n) is 16.7. The summed E-state index contributed by atoms with van der Waals surface area (Å²) in [6.07, 6.45) is 5.07. The second kappa shape index (κ2) is 7.23. The minimum atomic E-state index is 0.133. The van der Waals surface area contributed by atoms with Crippen LogP contribution < -0.4 is 5.32 Å². The van der Waals surface area contributed by atoms with Crippen molar-refractivity contribution in [1.82, 2.24) is 0 Å². The number of fused-ring (bicyclic) bond motifs is 1. The third-order valence-electron chi connectivity index (χ3n) is 5.60. The Balaban J connectivity index is 1.74. The SMILES string of the molecule is CC(C)(C)c1ccc(Nc2ccc3c(c2)CCCC3)c(-c2ccccc2)c1. The van der Waals surface area contributed by atoms with Crippen molar-refractivity contribution < 1.29 is 0 Å². The van der Waals surface area contributed by atoms with Crippen LogP contribution in [0.25, 0.3) is 11.1 Å². The first-order valence-electron chi connectivity index (χ1n) is 10.1. The normalized spacial score (nSPS) is 13.9. The number of hydrogen-bond acceptors (Lipinski definition) is 1. The molecule has 3 aromatic carbocycles. The lowest BCUT2D eigenvalue weighted by Gasteiger charge is -2.23. The van der Waals surface area contributed by atoms with E-state index in [0.29, 0.717) is 0 Å². The maximum absolute atomic E-state index is 3.70. The molecule has 1 aliphatic carbocycles. The fourth-order valence-corrected chi connectivity index (χ4v) is 3.94. The van der Waals surface area contributed by atoms with Crippen molar-refractivity contribution in [2.75, 3.05) is 5.32 Å². The molecule has 3 aromatic rings. The highest BCUT2D eigenvalue weighted by Crippen LogP contribution is 2.35. The summed E-state index contributed by atoms with van der Waals surface area (Å²) >= 11 is 0. The molecule has 1 heteroatoms. The van der Waals surface area contributed by atoms with Crippen LogP contribution in [0.1, 0.15) is 50.3 Å². The smallest absolute Gasteiger partial charge is 0.0464 e. The third kappa shape index (κ3) is 3.93. The standard InChI is InChI=1S/C26H29N/c1-26(2,3)22-14-16-25(24(18-22)20-10-5-4-6-11-20)27-23-15-13-19-9-7-8-12-21(19)17-23/h4-6,10-11,13-18,27H,7-9,12H2,1-3H3. The van der Waals surface area contributed by atoms with Crippen LogP contribution in [0, 0.1) is 0 Å². The first kappa shape index (κ1) is 17.9. The van der Waals surface area contributed by atoms with E-state index in [9.17, 15) is 0 Å². The number of nitrogens with one attached hydrogen (secondary N) is 1. The van der Waals surface area contributed by atoms with Crippen molar-refractivity contribution in [1.29, 1.82) is 0 Å². The molecule has 0 bridgehead atoms. The molecule has 1 nitrogen and oxygen atoms in total. The number of anilines is 2. The van der Waals surface area contributed by atoms with Gasteiger partial charge in [0.1, 0.15) is 0 Å². The third-order valence-corrected chi connectivity index (χ3v) is 5.60. The predicted molar refractivity (Wildman–Crippen MR) is 117 cm³/mol. The van der Waals surface area contributed by atoms with Crippen LogP contribution in [0.2, 0.25) is 0 Å². The second-order valence-corrected chi connectivity index (χ2v) is 8.69. The fourth-order valence-electron chi connectivity index (χ4n) is 3.94. The van der Waals surface area contributed by atoms with Crippen molar-refractivity contribution >= 4 is 11.4 Å². The van der Waals surface area contributed by atoms with Gasteiger partial charge in [-0.3, -0.25) is 0 Å². The van der Waals surface area contributed by atoms with Crippen molar-refractivity contribution in [3.63, 3.8) is 0 Å². The largest absolute Gasteiger partial charge is 0.355 e. The molecule has 4 rings (SSSR count). The van der Waals surface area contributed by atoms with Gasteiger partial charge in [-0.1, -0.05) is 63.2 Å². The van der Waals surface area contributed by atoms with Crippen LogP contribution in [0.5, 0.6) is 0 Å². The highest BCUT2D eigenvalue weighted by molar-refractivity contribution is 5.82. The van der Waals surface area contributed by atoms with Crippen LogP contribution in [-0.4, -0.2) is 0 Å². The minimum absolute atomic E-state index is 0.133. The fraction of sp³-hybridized carbons (Fsp3) is 0.308. The number of rotatable bonds is 3. The Hall–Kier alpha value is -2.54. The van der Waals surface area contributed by atoms with Gasteiger partial charge in [-0.15, -0.1) is 0 Å². The number of benzene rings is 3. The van der Waals surface area contributed by atoms with Gasteiger partial charge in [-0.2, -0.15) is 0 Å². The van der Waals surface area contributed by atoms with Gasteiger partial charge in [0, 0.05) is 16.9 Å². The highest BCUT2D eigenvalue weighted by atomic mass is 14.9. The summed E-state index contributed by atoms with van der Waals surface area (Å²) in [5, 5.41) is 3.70. The Labute approximate surface area is 163 Å². The quantitative estimate of drug-likeness (QED) is 0.521. The first-order valence-corrected chi connectivity index (χ1v) is 10.1. The molecule has 1 N–H and O–H groups in total. The lowest BCUT2D eigenvalue weighted by molar-refractivity contribution is 0.590. The van der Waals surface area contributed by atoms with E-state index in [1.165, 1.54) is 64.9 Å². The van der Waals surface area contributed by atoms with Crippen molar-refractivity contribution in [3.05, 3.63) is 83.4 Å².